The van der Waals surface area contributed by atoms with Crippen LogP contribution in [0.2, 0.25) is 0 Å². The summed E-state index contributed by atoms with van der Waals surface area (Å²) >= 11 is 0. The van der Waals surface area contributed by atoms with Crippen LogP contribution in [-0.2, 0) is 27.8 Å². The number of anilines is 1. The molecule has 0 spiro atoms. The summed E-state index contributed by atoms with van der Waals surface area (Å²) < 4.78 is 30.9. The van der Waals surface area contributed by atoms with Crippen molar-refractivity contribution in [1.29, 1.82) is 0 Å². The summed E-state index contributed by atoms with van der Waals surface area (Å²) in [6.07, 6.45) is 1.96. The van der Waals surface area contributed by atoms with Crippen LogP contribution in [0.5, 0.6) is 5.75 Å². The van der Waals surface area contributed by atoms with Gasteiger partial charge in [-0.3, -0.25) is 9.10 Å². The molecular weight excluding hydrogens is 364 g/mol. The van der Waals surface area contributed by atoms with Gasteiger partial charge >= 0.3 is 0 Å². The number of carbonyl (C=O) groups excluding carboxylic acids is 1. The van der Waals surface area contributed by atoms with Crippen molar-refractivity contribution in [2.45, 2.75) is 32.9 Å². The quantitative estimate of drug-likeness (QED) is 0.752. The van der Waals surface area contributed by atoms with Gasteiger partial charge in [0.2, 0.25) is 15.9 Å². The Balaban J connectivity index is 2.13. The maximum Gasteiger partial charge on any atom is 0.243 e. The Morgan fingerprint density at radius 2 is 1.63 bits per heavy atom. The van der Waals surface area contributed by atoms with E-state index in [9.17, 15) is 13.2 Å². The molecule has 6 nitrogen and oxygen atoms in total. The SMILES string of the molecule is CCc1ccc(N([C@H](C)C(=O)NCc2ccc(OC)cc2)S(C)(=O)=O)cc1. The minimum Gasteiger partial charge on any atom is -0.497 e. The highest BCUT2D eigenvalue weighted by Gasteiger charge is 2.28. The van der Waals surface area contributed by atoms with Crippen molar-refractivity contribution in [3.63, 3.8) is 0 Å². The molecule has 0 aromatic heterocycles. The summed E-state index contributed by atoms with van der Waals surface area (Å²) in [5, 5.41) is 2.80. The van der Waals surface area contributed by atoms with Crippen molar-refractivity contribution in [2.24, 2.45) is 0 Å². The van der Waals surface area contributed by atoms with E-state index in [1.165, 1.54) is 0 Å². The number of rotatable bonds is 8. The summed E-state index contributed by atoms with van der Waals surface area (Å²) in [6.45, 7) is 3.91. The Bertz CT molecular complexity index is 862. The van der Waals surface area contributed by atoms with Gasteiger partial charge in [-0.15, -0.1) is 0 Å². The van der Waals surface area contributed by atoms with Gasteiger partial charge in [-0.1, -0.05) is 31.2 Å². The smallest absolute Gasteiger partial charge is 0.243 e. The molecule has 2 aromatic carbocycles. The third kappa shape index (κ3) is 5.47. The summed E-state index contributed by atoms with van der Waals surface area (Å²) in [7, 11) is -2.03. The van der Waals surface area contributed by atoms with Crippen LogP contribution < -0.4 is 14.4 Å². The van der Waals surface area contributed by atoms with E-state index in [-0.39, 0.29) is 5.91 Å². The third-order valence-electron chi connectivity index (χ3n) is 4.31. The van der Waals surface area contributed by atoms with Crippen LogP contribution in [0.3, 0.4) is 0 Å². The van der Waals surface area contributed by atoms with E-state index in [1.54, 1.807) is 26.2 Å². The molecule has 1 amide bonds. The van der Waals surface area contributed by atoms with Crippen LogP contribution in [0.25, 0.3) is 0 Å². The molecule has 7 heteroatoms. The Hall–Kier alpha value is -2.54. The number of carbonyl (C=O) groups is 1. The molecule has 0 fully saturated rings. The molecule has 0 aliphatic carbocycles. The van der Waals surface area contributed by atoms with E-state index in [0.717, 1.165) is 33.9 Å². The van der Waals surface area contributed by atoms with Crippen molar-refractivity contribution in [3.05, 3.63) is 59.7 Å². The third-order valence-corrected chi connectivity index (χ3v) is 5.56. The van der Waals surface area contributed by atoms with Gasteiger partial charge in [0.25, 0.3) is 0 Å². The molecule has 0 aliphatic rings. The van der Waals surface area contributed by atoms with Crippen LogP contribution in [-0.4, -0.2) is 33.7 Å². The fraction of sp³-hybridized carbons (Fsp3) is 0.350. The number of sulfonamides is 1. The van der Waals surface area contributed by atoms with E-state index >= 15 is 0 Å². The van der Waals surface area contributed by atoms with Gasteiger partial charge in [-0.05, 0) is 48.7 Å². The average Bonchev–Trinajstić information content (AvgIpc) is 2.66. The van der Waals surface area contributed by atoms with Crippen LogP contribution in [0.1, 0.15) is 25.0 Å². The monoisotopic (exact) mass is 390 g/mol. The number of ether oxygens (including phenoxy) is 1. The second-order valence-corrected chi connectivity index (χ2v) is 8.18. The number of aryl methyl sites for hydroxylation is 1. The maximum absolute atomic E-state index is 12.6. The number of hydrogen-bond acceptors (Lipinski definition) is 4. The molecule has 1 N–H and O–H groups in total. The molecule has 0 unspecified atom stereocenters. The van der Waals surface area contributed by atoms with Gasteiger partial charge in [0.05, 0.1) is 19.1 Å². The van der Waals surface area contributed by atoms with E-state index in [4.69, 9.17) is 4.74 Å². The second kappa shape index (κ2) is 8.90. The Kier molecular flexibility index (Phi) is 6.85. The van der Waals surface area contributed by atoms with Gasteiger partial charge in [-0.25, -0.2) is 8.42 Å². The maximum atomic E-state index is 12.6. The molecule has 0 heterocycles. The molecule has 27 heavy (non-hydrogen) atoms. The Morgan fingerprint density at radius 3 is 2.11 bits per heavy atom. The molecule has 146 valence electrons. The van der Waals surface area contributed by atoms with Crippen LogP contribution in [0.15, 0.2) is 48.5 Å². The molecule has 0 saturated heterocycles. The second-order valence-electron chi connectivity index (χ2n) is 6.32. The molecular formula is C20H26N2O4S. The Labute approximate surface area is 161 Å². The predicted molar refractivity (Wildman–Crippen MR) is 107 cm³/mol. The normalized spacial score (nSPS) is 12.3. The largest absolute Gasteiger partial charge is 0.497 e. The number of methoxy groups -OCH3 is 1. The first-order valence-electron chi connectivity index (χ1n) is 8.75. The highest BCUT2D eigenvalue weighted by Crippen LogP contribution is 2.22. The number of benzene rings is 2. The van der Waals surface area contributed by atoms with Crippen LogP contribution >= 0.6 is 0 Å². The summed E-state index contributed by atoms with van der Waals surface area (Å²) in [6, 6.07) is 13.6. The summed E-state index contributed by atoms with van der Waals surface area (Å²) in [5.41, 5.74) is 2.47. The number of nitrogens with zero attached hydrogens (tertiary/aromatic N) is 1. The van der Waals surface area contributed by atoms with E-state index in [0.29, 0.717) is 12.2 Å². The topological polar surface area (TPSA) is 75.7 Å². The minimum atomic E-state index is -3.62. The lowest BCUT2D eigenvalue weighted by Crippen LogP contribution is -2.47. The number of amides is 1. The lowest BCUT2D eigenvalue weighted by Gasteiger charge is -2.28. The first kappa shape index (κ1) is 20.8. The van der Waals surface area contributed by atoms with Gasteiger partial charge < -0.3 is 10.1 Å². The van der Waals surface area contributed by atoms with Gasteiger partial charge in [0.1, 0.15) is 11.8 Å². The first-order chi connectivity index (χ1) is 12.8. The van der Waals surface area contributed by atoms with Gasteiger partial charge in [0, 0.05) is 6.54 Å². The highest BCUT2D eigenvalue weighted by atomic mass is 32.2. The summed E-state index contributed by atoms with van der Waals surface area (Å²) in [4.78, 5) is 12.6. The molecule has 0 radical (unpaired) electrons. The minimum absolute atomic E-state index is 0.305. The van der Waals surface area contributed by atoms with Crippen molar-refractivity contribution >= 4 is 21.6 Å². The number of nitrogens with one attached hydrogen (secondary N) is 1. The van der Waals surface area contributed by atoms with Gasteiger partial charge in [-0.2, -0.15) is 0 Å². The van der Waals surface area contributed by atoms with E-state index < -0.39 is 16.1 Å². The van der Waals surface area contributed by atoms with E-state index in [2.05, 4.69) is 5.32 Å². The zero-order valence-corrected chi connectivity index (χ0v) is 16.9. The molecule has 2 aromatic rings. The summed E-state index contributed by atoms with van der Waals surface area (Å²) in [5.74, 6) is 0.369. The van der Waals surface area contributed by atoms with Crippen molar-refractivity contribution in [2.75, 3.05) is 17.7 Å². The lowest BCUT2D eigenvalue weighted by atomic mass is 10.1. The zero-order chi connectivity index (χ0) is 20.0. The Morgan fingerprint density at radius 1 is 1.07 bits per heavy atom. The van der Waals surface area contributed by atoms with Gasteiger partial charge in [0.15, 0.2) is 0 Å². The fourth-order valence-electron chi connectivity index (χ4n) is 2.77. The molecule has 0 aliphatic heterocycles. The van der Waals surface area contributed by atoms with Crippen LogP contribution in [0, 0.1) is 0 Å². The molecule has 0 bridgehead atoms. The molecule has 1 atom stereocenters. The van der Waals surface area contributed by atoms with E-state index in [1.807, 2.05) is 43.3 Å². The highest BCUT2D eigenvalue weighted by molar-refractivity contribution is 7.92. The predicted octanol–water partition coefficient (Wildman–Crippen LogP) is 2.73. The first-order valence-corrected chi connectivity index (χ1v) is 10.6. The zero-order valence-electron chi connectivity index (χ0n) is 16.1. The molecule has 0 saturated carbocycles. The number of hydrogen-bond donors (Lipinski definition) is 1. The fourth-order valence-corrected chi connectivity index (χ4v) is 3.94. The van der Waals surface area contributed by atoms with Crippen molar-refractivity contribution in [3.8, 4) is 5.75 Å². The average molecular weight is 391 g/mol. The van der Waals surface area contributed by atoms with Crippen LogP contribution in [0.4, 0.5) is 5.69 Å². The lowest BCUT2D eigenvalue weighted by molar-refractivity contribution is -0.122. The van der Waals surface area contributed by atoms with Crippen molar-refractivity contribution in [1.82, 2.24) is 5.32 Å². The molecule has 2 rings (SSSR count). The van der Waals surface area contributed by atoms with Crippen molar-refractivity contribution < 1.29 is 17.9 Å². The standard InChI is InChI=1S/C20H26N2O4S/c1-5-16-6-10-18(11-7-16)22(27(4,24)25)15(2)20(23)21-14-17-8-12-19(26-3)13-9-17/h6-13,15H,5,14H2,1-4H3,(H,21,23)/t15-/m1/s1.